The number of hydrogen-bond donors (Lipinski definition) is 0. The highest BCUT2D eigenvalue weighted by Gasteiger charge is 2.07. The molecule has 0 radical (unpaired) electrons. The van der Waals surface area contributed by atoms with E-state index in [1.165, 1.54) is 0 Å². The molecule has 92 valence electrons. The average molecular weight is 267 g/mol. The zero-order chi connectivity index (χ0) is 13.2. The van der Waals surface area contributed by atoms with Gasteiger partial charge in [0.1, 0.15) is 15.4 Å². The molecule has 6 heteroatoms. The molecule has 0 saturated carbocycles. The first-order valence-electron chi connectivity index (χ1n) is 5.65. The molecule has 0 saturated heterocycles. The Balaban J connectivity index is 2.11. The second-order valence-corrected chi connectivity index (χ2v) is 5.01. The van der Waals surface area contributed by atoms with Gasteiger partial charge >= 0.3 is 0 Å². The minimum atomic E-state index is 0.644. The first-order chi connectivity index (χ1) is 9.28. The Labute approximate surface area is 113 Å². The Morgan fingerprint density at radius 1 is 1.32 bits per heavy atom. The van der Waals surface area contributed by atoms with Gasteiger partial charge in [0.15, 0.2) is 0 Å². The van der Waals surface area contributed by atoms with Gasteiger partial charge in [-0.1, -0.05) is 28.6 Å². The maximum absolute atomic E-state index is 8.47. The molecular weight excluding hydrogens is 258 g/mol. The summed E-state index contributed by atoms with van der Waals surface area (Å²) in [7, 11) is 0. The van der Waals surface area contributed by atoms with Gasteiger partial charge in [-0.3, -0.25) is 0 Å². The number of thiazole rings is 1. The van der Waals surface area contributed by atoms with Gasteiger partial charge in [-0.15, -0.1) is 0 Å². The maximum atomic E-state index is 8.47. The Morgan fingerprint density at radius 2 is 2.21 bits per heavy atom. The third-order valence-electron chi connectivity index (χ3n) is 2.76. The number of fused-ring (bicyclic) bond motifs is 1. The highest BCUT2D eigenvalue weighted by Crippen LogP contribution is 2.31. The fraction of sp³-hybridized carbons (Fsp3) is 0.0769. The Kier molecular flexibility index (Phi) is 2.87. The molecule has 0 aliphatic heterocycles. The standard InChI is InChI=1S/C13H9N5S/c1-8-7-9(4-5-10(8)17-18-14)12-16-11-3-2-6-15-13(11)19-12/h2-7H,1H3. The van der Waals surface area contributed by atoms with Gasteiger partial charge in [0, 0.05) is 22.4 Å². The predicted octanol–water partition coefficient (Wildman–Crippen LogP) is 4.61. The van der Waals surface area contributed by atoms with E-state index in [0.29, 0.717) is 5.69 Å². The van der Waals surface area contributed by atoms with Gasteiger partial charge < -0.3 is 0 Å². The van der Waals surface area contributed by atoms with Crippen LogP contribution in [0.4, 0.5) is 5.69 Å². The van der Waals surface area contributed by atoms with E-state index >= 15 is 0 Å². The fourth-order valence-corrected chi connectivity index (χ4v) is 2.75. The van der Waals surface area contributed by atoms with Crippen LogP contribution in [-0.2, 0) is 0 Å². The normalized spacial score (nSPS) is 10.4. The molecule has 5 nitrogen and oxygen atoms in total. The summed E-state index contributed by atoms with van der Waals surface area (Å²) in [6.07, 6.45) is 1.76. The van der Waals surface area contributed by atoms with Crippen molar-refractivity contribution < 1.29 is 0 Å². The molecule has 0 amide bonds. The van der Waals surface area contributed by atoms with Gasteiger partial charge in [-0.05, 0) is 36.2 Å². The number of rotatable bonds is 2. The molecule has 0 bridgehead atoms. The maximum Gasteiger partial charge on any atom is 0.143 e. The summed E-state index contributed by atoms with van der Waals surface area (Å²) >= 11 is 1.55. The molecule has 2 aromatic heterocycles. The summed E-state index contributed by atoms with van der Waals surface area (Å²) in [6.45, 7) is 1.92. The molecule has 0 aliphatic rings. The number of hydrogen-bond acceptors (Lipinski definition) is 4. The topological polar surface area (TPSA) is 74.5 Å². The largest absolute Gasteiger partial charge is 0.244 e. The first-order valence-corrected chi connectivity index (χ1v) is 6.47. The summed E-state index contributed by atoms with van der Waals surface area (Å²) in [5, 5.41) is 4.56. The molecule has 0 fully saturated rings. The minimum absolute atomic E-state index is 0.644. The predicted molar refractivity (Wildman–Crippen MR) is 76.4 cm³/mol. The van der Waals surface area contributed by atoms with Crippen LogP contribution in [0.1, 0.15) is 5.56 Å². The van der Waals surface area contributed by atoms with Gasteiger partial charge in [0.2, 0.25) is 0 Å². The minimum Gasteiger partial charge on any atom is -0.244 e. The molecule has 0 aliphatic carbocycles. The third kappa shape index (κ3) is 2.14. The van der Waals surface area contributed by atoms with Crippen molar-refractivity contribution in [1.29, 1.82) is 0 Å². The van der Waals surface area contributed by atoms with Crippen LogP contribution < -0.4 is 0 Å². The summed E-state index contributed by atoms with van der Waals surface area (Å²) < 4.78 is 0. The Bertz CT molecular complexity index is 769. The van der Waals surface area contributed by atoms with E-state index in [9.17, 15) is 0 Å². The zero-order valence-electron chi connectivity index (χ0n) is 10.1. The SMILES string of the molecule is Cc1cc(-c2nc3cccnc3s2)ccc1N=[N+]=[N-]. The van der Waals surface area contributed by atoms with Crippen molar-refractivity contribution in [2.24, 2.45) is 5.11 Å². The van der Waals surface area contributed by atoms with Crippen LogP contribution in [0, 0.1) is 6.92 Å². The van der Waals surface area contributed by atoms with E-state index in [1.807, 2.05) is 37.3 Å². The molecule has 19 heavy (non-hydrogen) atoms. The van der Waals surface area contributed by atoms with Crippen LogP contribution in [-0.4, -0.2) is 9.97 Å². The van der Waals surface area contributed by atoms with Crippen LogP contribution in [0.3, 0.4) is 0 Å². The lowest BCUT2D eigenvalue weighted by molar-refractivity contribution is 1.36. The van der Waals surface area contributed by atoms with Gasteiger partial charge in [-0.25, -0.2) is 9.97 Å². The molecule has 0 spiro atoms. The van der Waals surface area contributed by atoms with Crippen molar-refractivity contribution in [1.82, 2.24) is 9.97 Å². The number of aryl methyl sites for hydroxylation is 1. The van der Waals surface area contributed by atoms with Crippen LogP contribution in [0.2, 0.25) is 0 Å². The molecule has 3 rings (SSSR count). The third-order valence-corrected chi connectivity index (χ3v) is 3.79. The molecular formula is C13H9N5S. The van der Waals surface area contributed by atoms with Crippen LogP contribution in [0.15, 0.2) is 41.6 Å². The monoisotopic (exact) mass is 267 g/mol. The highest BCUT2D eigenvalue weighted by atomic mass is 32.1. The van der Waals surface area contributed by atoms with Crippen molar-refractivity contribution in [2.45, 2.75) is 6.92 Å². The van der Waals surface area contributed by atoms with Crippen LogP contribution >= 0.6 is 11.3 Å². The van der Waals surface area contributed by atoms with Crippen molar-refractivity contribution in [3.05, 3.63) is 52.5 Å². The summed E-state index contributed by atoms with van der Waals surface area (Å²) in [5.74, 6) is 0. The van der Waals surface area contributed by atoms with E-state index in [4.69, 9.17) is 5.53 Å². The number of aromatic nitrogens is 2. The summed E-state index contributed by atoms with van der Waals surface area (Å²) in [6, 6.07) is 9.52. The van der Waals surface area contributed by atoms with Gasteiger partial charge in [0.05, 0.1) is 0 Å². The van der Waals surface area contributed by atoms with Crippen molar-refractivity contribution in [3.63, 3.8) is 0 Å². The van der Waals surface area contributed by atoms with E-state index < -0.39 is 0 Å². The van der Waals surface area contributed by atoms with Crippen molar-refractivity contribution in [2.75, 3.05) is 0 Å². The van der Waals surface area contributed by atoms with E-state index in [-0.39, 0.29) is 0 Å². The smallest absolute Gasteiger partial charge is 0.143 e. The Hall–Kier alpha value is -2.43. The lowest BCUT2D eigenvalue weighted by Crippen LogP contribution is -1.79. The van der Waals surface area contributed by atoms with Crippen LogP contribution in [0.25, 0.3) is 31.4 Å². The van der Waals surface area contributed by atoms with E-state index in [2.05, 4.69) is 20.0 Å². The van der Waals surface area contributed by atoms with Gasteiger partial charge in [-0.2, -0.15) is 0 Å². The number of benzene rings is 1. The van der Waals surface area contributed by atoms with Crippen molar-refractivity contribution >= 4 is 27.4 Å². The lowest BCUT2D eigenvalue weighted by atomic mass is 10.1. The lowest BCUT2D eigenvalue weighted by Gasteiger charge is -2.01. The van der Waals surface area contributed by atoms with E-state index in [1.54, 1.807) is 17.5 Å². The first kappa shape index (κ1) is 11.6. The zero-order valence-corrected chi connectivity index (χ0v) is 10.9. The molecule has 2 heterocycles. The van der Waals surface area contributed by atoms with Gasteiger partial charge in [0.25, 0.3) is 0 Å². The molecule has 0 N–H and O–H groups in total. The highest BCUT2D eigenvalue weighted by molar-refractivity contribution is 7.21. The molecule has 3 aromatic rings. The van der Waals surface area contributed by atoms with Crippen LogP contribution in [0.5, 0.6) is 0 Å². The number of azide groups is 1. The molecule has 0 unspecified atom stereocenters. The second kappa shape index (κ2) is 4.68. The Morgan fingerprint density at radius 3 is 2.95 bits per heavy atom. The van der Waals surface area contributed by atoms with E-state index in [0.717, 1.165) is 26.5 Å². The molecule has 0 atom stereocenters. The number of pyridine rings is 1. The number of nitrogens with zero attached hydrogens (tertiary/aromatic N) is 5. The fourth-order valence-electron chi connectivity index (χ4n) is 1.84. The summed E-state index contributed by atoms with van der Waals surface area (Å²) in [5.41, 5.74) is 12.0. The quantitative estimate of drug-likeness (QED) is 0.386. The average Bonchev–Trinajstić information content (AvgIpc) is 2.85. The van der Waals surface area contributed by atoms with Crippen molar-refractivity contribution in [3.8, 4) is 10.6 Å². The second-order valence-electron chi connectivity index (χ2n) is 4.04. The summed E-state index contributed by atoms with van der Waals surface area (Å²) in [4.78, 5) is 12.6. The molecule has 1 aromatic carbocycles.